The van der Waals surface area contributed by atoms with Gasteiger partial charge < -0.3 is 10.2 Å². The third-order valence-electron chi connectivity index (χ3n) is 6.69. The van der Waals surface area contributed by atoms with E-state index in [0.29, 0.717) is 6.04 Å². The molecule has 4 rings (SSSR count). The minimum atomic E-state index is -0.123. The Kier molecular flexibility index (Phi) is 7.92. The summed E-state index contributed by atoms with van der Waals surface area (Å²) in [7, 11) is 0. The number of carbonyl (C=O) groups excluding carboxylic acids is 1. The van der Waals surface area contributed by atoms with E-state index in [2.05, 4.69) is 53.2 Å². The quantitative estimate of drug-likeness (QED) is 0.649. The van der Waals surface area contributed by atoms with Gasteiger partial charge in [-0.05, 0) is 49.1 Å². The lowest BCUT2D eigenvalue weighted by atomic mass is 9.98. The summed E-state index contributed by atoms with van der Waals surface area (Å²) in [6, 6.07) is 21.8. The molecule has 2 aliphatic heterocycles. The second kappa shape index (κ2) is 11.1. The van der Waals surface area contributed by atoms with Crippen LogP contribution in [-0.2, 0) is 0 Å². The van der Waals surface area contributed by atoms with Crippen molar-refractivity contribution in [1.29, 1.82) is 0 Å². The van der Waals surface area contributed by atoms with Gasteiger partial charge in [-0.1, -0.05) is 67.6 Å². The summed E-state index contributed by atoms with van der Waals surface area (Å²) in [6.45, 7) is 5.17. The number of nitrogens with zero attached hydrogens (tertiary/aromatic N) is 2. The molecule has 2 fully saturated rings. The molecule has 2 aromatic carbocycles. The van der Waals surface area contributed by atoms with E-state index < -0.39 is 0 Å². The maximum atomic E-state index is 13.2. The van der Waals surface area contributed by atoms with Gasteiger partial charge in [-0.3, -0.25) is 4.90 Å². The number of likely N-dealkylation sites (tertiary alicyclic amines) is 2. The third kappa shape index (κ3) is 5.64. The molecule has 1 N–H and O–H groups in total. The van der Waals surface area contributed by atoms with Gasteiger partial charge in [-0.2, -0.15) is 11.8 Å². The highest BCUT2D eigenvalue weighted by molar-refractivity contribution is 7.99. The molecule has 0 unspecified atom stereocenters. The fourth-order valence-electron chi connectivity index (χ4n) is 5.04. The van der Waals surface area contributed by atoms with Crippen LogP contribution in [0.4, 0.5) is 4.79 Å². The van der Waals surface area contributed by atoms with Crippen LogP contribution in [0.5, 0.6) is 0 Å². The van der Waals surface area contributed by atoms with Gasteiger partial charge in [0.2, 0.25) is 0 Å². The minimum absolute atomic E-state index is 0.0515. The number of piperidine rings is 1. The van der Waals surface area contributed by atoms with Gasteiger partial charge >= 0.3 is 6.03 Å². The van der Waals surface area contributed by atoms with Gasteiger partial charge in [0.15, 0.2) is 0 Å². The summed E-state index contributed by atoms with van der Waals surface area (Å²) in [5.41, 5.74) is 2.23. The maximum Gasteiger partial charge on any atom is 0.318 e. The summed E-state index contributed by atoms with van der Waals surface area (Å²) in [6.07, 6.45) is 4.83. The van der Waals surface area contributed by atoms with Gasteiger partial charge in [-0.15, -0.1) is 0 Å². The Morgan fingerprint density at radius 3 is 2.16 bits per heavy atom. The molecule has 0 saturated carbocycles. The molecule has 5 heteroatoms. The van der Waals surface area contributed by atoms with Crippen LogP contribution in [0, 0.1) is 0 Å². The standard InChI is InChI=1S/C26H35N3OS/c1-2-31-20-24-14-9-17-29(24)23-15-18-28(19-16-23)26(30)27-25(21-10-5-3-6-11-21)22-12-7-4-8-13-22/h3-8,10-13,23-25H,2,9,14-20H2,1H3,(H,27,30)/t24-/m1/s1. The minimum Gasteiger partial charge on any atom is -0.327 e. The number of hydrogen-bond donors (Lipinski definition) is 1. The Bertz CT molecular complexity index is 768. The van der Waals surface area contributed by atoms with Crippen molar-refractivity contribution < 1.29 is 4.79 Å². The molecule has 2 saturated heterocycles. The molecule has 2 heterocycles. The first-order chi connectivity index (χ1) is 15.3. The van der Waals surface area contributed by atoms with Crippen LogP contribution in [0.1, 0.15) is 49.8 Å². The molecule has 0 bridgehead atoms. The lowest BCUT2D eigenvalue weighted by Gasteiger charge is -2.39. The number of nitrogens with one attached hydrogen (secondary N) is 1. The van der Waals surface area contributed by atoms with Crippen molar-refractivity contribution in [3.05, 3.63) is 71.8 Å². The van der Waals surface area contributed by atoms with Crippen LogP contribution < -0.4 is 5.32 Å². The second-order valence-corrected chi connectivity index (χ2v) is 9.93. The van der Waals surface area contributed by atoms with Crippen molar-refractivity contribution in [3.8, 4) is 0 Å². The van der Waals surface area contributed by atoms with Gasteiger partial charge in [0.25, 0.3) is 0 Å². The fraction of sp³-hybridized carbons (Fsp3) is 0.500. The first kappa shape index (κ1) is 22.2. The summed E-state index contributed by atoms with van der Waals surface area (Å²) in [5, 5.41) is 3.31. The Morgan fingerprint density at radius 1 is 0.968 bits per heavy atom. The van der Waals surface area contributed by atoms with E-state index in [0.717, 1.165) is 43.1 Å². The lowest BCUT2D eigenvalue weighted by Crippen LogP contribution is -2.51. The van der Waals surface area contributed by atoms with Crippen molar-refractivity contribution in [2.24, 2.45) is 0 Å². The van der Waals surface area contributed by atoms with Crippen LogP contribution in [0.2, 0.25) is 0 Å². The third-order valence-corrected chi connectivity index (χ3v) is 7.72. The topological polar surface area (TPSA) is 35.6 Å². The average Bonchev–Trinajstić information content (AvgIpc) is 3.31. The second-order valence-electron chi connectivity index (χ2n) is 8.62. The average molecular weight is 438 g/mol. The number of benzene rings is 2. The van der Waals surface area contributed by atoms with Crippen LogP contribution in [0.15, 0.2) is 60.7 Å². The number of rotatable bonds is 7. The molecule has 0 spiro atoms. The maximum absolute atomic E-state index is 13.2. The zero-order valence-corrected chi connectivity index (χ0v) is 19.4. The fourth-order valence-corrected chi connectivity index (χ4v) is 5.90. The van der Waals surface area contributed by atoms with Crippen molar-refractivity contribution in [2.75, 3.05) is 31.1 Å². The van der Waals surface area contributed by atoms with Gasteiger partial charge in [0.1, 0.15) is 0 Å². The Hall–Kier alpha value is -1.98. The molecule has 2 amide bonds. The molecular formula is C26H35N3OS. The van der Waals surface area contributed by atoms with E-state index in [1.54, 1.807) is 0 Å². The van der Waals surface area contributed by atoms with Gasteiger partial charge in [-0.25, -0.2) is 4.79 Å². The smallest absolute Gasteiger partial charge is 0.318 e. The molecule has 166 valence electrons. The van der Waals surface area contributed by atoms with E-state index in [9.17, 15) is 4.79 Å². The van der Waals surface area contributed by atoms with E-state index in [-0.39, 0.29) is 12.1 Å². The van der Waals surface area contributed by atoms with E-state index in [1.165, 1.54) is 30.9 Å². The molecule has 1 atom stereocenters. The highest BCUT2D eigenvalue weighted by Crippen LogP contribution is 2.28. The van der Waals surface area contributed by atoms with E-state index in [4.69, 9.17) is 0 Å². The first-order valence-corrected chi connectivity index (χ1v) is 12.9. The number of amides is 2. The van der Waals surface area contributed by atoms with Crippen LogP contribution >= 0.6 is 11.8 Å². The molecule has 4 nitrogen and oxygen atoms in total. The number of urea groups is 1. The Morgan fingerprint density at radius 2 is 1.58 bits per heavy atom. The number of thioether (sulfide) groups is 1. The normalized spacial score (nSPS) is 20.3. The predicted octanol–water partition coefficient (Wildman–Crippen LogP) is 5.17. The lowest BCUT2D eigenvalue weighted by molar-refractivity contribution is 0.113. The van der Waals surface area contributed by atoms with Crippen molar-refractivity contribution in [1.82, 2.24) is 15.1 Å². The summed E-state index contributed by atoms with van der Waals surface area (Å²) < 4.78 is 0. The Labute approximate surface area is 191 Å². The zero-order chi connectivity index (χ0) is 21.5. The van der Waals surface area contributed by atoms with E-state index in [1.807, 2.05) is 41.3 Å². The van der Waals surface area contributed by atoms with Crippen molar-refractivity contribution >= 4 is 17.8 Å². The molecular weight excluding hydrogens is 402 g/mol. The van der Waals surface area contributed by atoms with Crippen LogP contribution in [0.25, 0.3) is 0 Å². The Balaban J connectivity index is 1.36. The van der Waals surface area contributed by atoms with Gasteiger partial charge in [0.05, 0.1) is 6.04 Å². The molecule has 0 radical (unpaired) electrons. The number of carbonyl (C=O) groups is 1. The summed E-state index contributed by atoms with van der Waals surface area (Å²) >= 11 is 2.06. The highest BCUT2D eigenvalue weighted by atomic mass is 32.2. The van der Waals surface area contributed by atoms with Crippen LogP contribution in [0.3, 0.4) is 0 Å². The monoisotopic (exact) mass is 437 g/mol. The zero-order valence-electron chi connectivity index (χ0n) is 18.6. The first-order valence-electron chi connectivity index (χ1n) is 11.7. The highest BCUT2D eigenvalue weighted by Gasteiger charge is 2.34. The van der Waals surface area contributed by atoms with Crippen LogP contribution in [-0.4, -0.2) is 59.1 Å². The molecule has 0 aliphatic carbocycles. The largest absolute Gasteiger partial charge is 0.327 e. The van der Waals surface area contributed by atoms with Crippen molar-refractivity contribution in [3.63, 3.8) is 0 Å². The SMILES string of the molecule is CCSC[C@H]1CCCN1C1CCN(C(=O)NC(c2ccccc2)c2ccccc2)CC1. The summed E-state index contributed by atoms with van der Waals surface area (Å²) in [4.78, 5) is 17.9. The van der Waals surface area contributed by atoms with Crippen molar-refractivity contribution in [2.45, 2.75) is 50.7 Å². The molecule has 2 aromatic rings. The summed E-state index contributed by atoms with van der Waals surface area (Å²) in [5.74, 6) is 2.46. The molecule has 31 heavy (non-hydrogen) atoms. The predicted molar refractivity (Wildman–Crippen MR) is 131 cm³/mol. The van der Waals surface area contributed by atoms with E-state index >= 15 is 0 Å². The molecule has 2 aliphatic rings. The molecule has 0 aromatic heterocycles. The van der Waals surface area contributed by atoms with Gasteiger partial charge in [0, 0.05) is 30.9 Å². The number of hydrogen-bond acceptors (Lipinski definition) is 3.